The van der Waals surface area contributed by atoms with Crippen molar-refractivity contribution in [2.45, 2.75) is 6.10 Å². The van der Waals surface area contributed by atoms with Crippen LogP contribution in [-0.2, 0) is 0 Å². The van der Waals surface area contributed by atoms with Crippen molar-refractivity contribution >= 4 is 23.2 Å². The molecule has 2 rings (SSSR count). The fourth-order valence-corrected chi connectivity index (χ4v) is 2.05. The van der Waals surface area contributed by atoms with Crippen LogP contribution in [0.25, 0.3) is 0 Å². The highest BCUT2D eigenvalue weighted by Crippen LogP contribution is 2.32. The Bertz CT molecular complexity index is 560. The van der Waals surface area contributed by atoms with E-state index in [2.05, 4.69) is 4.98 Å². The van der Waals surface area contributed by atoms with E-state index in [0.29, 0.717) is 26.9 Å². The third-order valence-corrected chi connectivity index (χ3v) is 3.22. The quantitative estimate of drug-likeness (QED) is 0.938. The smallest absolute Gasteiger partial charge is 0.137 e. The molecular weight excluding hydrogens is 273 g/mol. The number of methoxy groups -OCH3 is 1. The summed E-state index contributed by atoms with van der Waals surface area (Å²) in [6.07, 6.45) is 2.23. The van der Waals surface area contributed by atoms with Crippen molar-refractivity contribution in [3.05, 3.63) is 57.8 Å². The molecule has 1 N–H and O–H groups in total. The monoisotopic (exact) mass is 283 g/mol. The Labute approximate surface area is 115 Å². The molecule has 2 aromatic rings. The lowest BCUT2D eigenvalue weighted by Gasteiger charge is -2.14. The minimum Gasteiger partial charge on any atom is -0.495 e. The molecule has 3 nitrogen and oxygen atoms in total. The number of hydrogen-bond acceptors (Lipinski definition) is 3. The maximum Gasteiger partial charge on any atom is 0.137 e. The van der Waals surface area contributed by atoms with Crippen LogP contribution in [0.2, 0.25) is 10.0 Å². The third kappa shape index (κ3) is 2.58. The average Bonchev–Trinajstić information content (AvgIpc) is 2.39. The molecule has 0 bridgehead atoms. The van der Waals surface area contributed by atoms with Gasteiger partial charge in [-0.3, -0.25) is 4.98 Å². The van der Waals surface area contributed by atoms with Gasteiger partial charge in [0, 0.05) is 18.0 Å². The number of benzene rings is 1. The molecular formula is C13H11Cl2NO2. The molecule has 1 aromatic carbocycles. The number of rotatable bonds is 3. The Morgan fingerprint density at radius 1 is 1.22 bits per heavy atom. The van der Waals surface area contributed by atoms with Crippen LogP contribution in [0.15, 0.2) is 36.7 Å². The van der Waals surface area contributed by atoms with Crippen molar-refractivity contribution < 1.29 is 9.84 Å². The van der Waals surface area contributed by atoms with Crippen molar-refractivity contribution in [1.82, 2.24) is 4.98 Å². The topological polar surface area (TPSA) is 42.4 Å². The first-order valence-corrected chi connectivity index (χ1v) is 6.00. The highest BCUT2D eigenvalue weighted by molar-refractivity contribution is 6.32. The molecule has 0 spiro atoms. The normalized spacial score (nSPS) is 12.2. The predicted molar refractivity (Wildman–Crippen MR) is 71.3 cm³/mol. The number of ether oxygens (including phenoxy) is 1. The second-order valence-corrected chi connectivity index (χ2v) is 4.51. The molecule has 0 radical (unpaired) electrons. The lowest BCUT2D eigenvalue weighted by atomic mass is 10.0. The van der Waals surface area contributed by atoms with Gasteiger partial charge in [-0.2, -0.15) is 0 Å². The van der Waals surface area contributed by atoms with Crippen molar-refractivity contribution in [3.63, 3.8) is 0 Å². The molecule has 94 valence electrons. The summed E-state index contributed by atoms with van der Waals surface area (Å²) in [5.41, 5.74) is 1.25. The third-order valence-electron chi connectivity index (χ3n) is 2.59. The summed E-state index contributed by atoms with van der Waals surface area (Å²) in [6, 6.07) is 6.76. The van der Waals surface area contributed by atoms with Crippen molar-refractivity contribution in [1.29, 1.82) is 0 Å². The van der Waals surface area contributed by atoms with Crippen LogP contribution in [0.4, 0.5) is 0 Å². The fourth-order valence-electron chi connectivity index (χ4n) is 1.63. The van der Waals surface area contributed by atoms with Crippen LogP contribution in [0.3, 0.4) is 0 Å². The maximum atomic E-state index is 10.3. The van der Waals surface area contributed by atoms with Gasteiger partial charge in [0.05, 0.1) is 17.2 Å². The van der Waals surface area contributed by atoms with Crippen molar-refractivity contribution in [3.8, 4) is 5.75 Å². The summed E-state index contributed by atoms with van der Waals surface area (Å²) in [5, 5.41) is 11.2. The molecule has 0 aliphatic rings. The van der Waals surface area contributed by atoms with E-state index >= 15 is 0 Å². The number of aliphatic hydroxyl groups is 1. The fraction of sp³-hybridized carbons (Fsp3) is 0.154. The number of nitrogens with zero attached hydrogens (tertiary/aromatic N) is 1. The van der Waals surface area contributed by atoms with E-state index in [1.165, 1.54) is 13.3 Å². The Kier molecular flexibility index (Phi) is 4.07. The Morgan fingerprint density at radius 2 is 2.00 bits per heavy atom. The van der Waals surface area contributed by atoms with Crippen LogP contribution >= 0.6 is 23.2 Å². The Hall–Kier alpha value is -1.29. The van der Waals surface area contributed by atoms with Crippen LogP contribution in [0.5, 0.6) is 5.75 Å². The first kappa shape index (κ1) is 13.1. The second-order valence-electron chi connectivity index (χ2n) is 3.69. The molecule has 0 aliphatic heterocycles. The van der Waals surface area contributed by atoms with Gasteiger partial charge in [0.25, 0.3) is 0 Å². The zero-order chi connectivity index (χ0) is 13.1. The van der Waals surface area contributed by atoms with Gasteiger partial charge < -0.3 is 9.84 Å². The number of pyridine rings is 1. The maximum absolute atomic E-state index is 10.3. The summed E-state index contributed by atoms with van der Waals surface area (Å²) in [4.78, 5) is 3.88. The van der Waals surface area contributed by atoms with Gasteiger partial charge >= 0.3 is 0 Å². The Morgan fingerprint density at radius 3 is 2.67 bits per heavy atom. The van der Waals surface area contributed by atoms with E-state index in [9.17, 15) is 5.11 Å². The van der Waals surface area contributed by atoms with E-state index in [1.807, 2.05) is 0 Å². The first-order chi connectivity index (χ1) is 8.63. The van der Waals surface area contributed by atoms with Crippen LogP contribution < -0.4 is 4.74 Å². The molecule has 0 saturated carbocycles. The molecule has 1 atom stereocenters. The van der Waals surface area contributed by atoms with E-state index in [4.69, 9.17) is 27.9 Å². The molecule has 5 heteroatoms. The summed E-state index contributed by atoms with van der Waals surface area (Å²) in [5.74, 6) is 0.512. The van der Waals surface area contributed by atoms with E-state index in [0.717, 1.165) is 0 Å². The summed E-state index contributed by atoms with van der Waals surface area (Å²) < 4.78 is 5.11. The van der Waals surface area contributed by atoms with Gasteiger partial charge in [-0.1, -0.05) is 29.3 Å². The second kappa shape index (κ2) is 5.57. The van der Waals surface area contributed by atoms with Gasteiger partial charge in [0.2, 0.25) is 0 Å². The van der Waals surface area contributed by atoms with Crippen LogP contribution in [-0.4, -0.2) is 17.2 Å². The first-order valence-electron chi connectivity index (χ1n) is 5.24. The Balaban J connectivity index is 2.40. The minimum atomic E-state index is -0.841. The highest BCUT2D eigenvalue weighted by atomic mass is 35.5. The zero-order valence-corrected chi connectivity index (χ0v) is 11.1. The lowest BCUT2D eigenvalue weighted by molar-refractivity contribution is 0.220. The summed E-state index contributed by atoms with van der Waals surface area (Å²) in [7, 11) is 1.52. The predicted octanol–water partition coefficient (Wildman–Crippen LogP) is 3.48. The molecule has 0 aliphatic carbocycles. The molecule has 1 aromatic heterocycles. The molecule has 1 unspecified atom stereocenters. The molecule has 0 saturated heterocycles. The summed E-state index contributed by atoms with van der Waals surface area (Å²) >= 11 is 11.9. The van der Waals surface area contributed by atoms with E-state index in [-0.39, 0.29) is 0 Å². The van der Waals surface area contributed by atoms with E-state index < -0.39 is 6.10 Å². The highest BCUT2D eigenvalue weighted by Gasteiger charge is 2.15. The number of aromatic nitrogens is 1. The number of halogens is 2. The van der Waals surface area contributed by atoms with Gasteiger partial charge in [0.1, 0.15) is 11.9 Å². The summed E-state index contributed by atoms with van der Waals surface area (Å²) in [6.45, 7) is 0. The van der Waals surface area contributed by atoms with Gasteiger partial charge in [-0.25, -0.2) is 0 Å². The molecule has 18 heavy (non-hydrogen) atoms. The molecule has 0 amide bonds. The van der Waals surface area contributed by atoms with Crippen LogP contribution in [0, 0.1) is 0 Å². The van der Waals surface area contributed by atoms with Gasteiger partial charge in [-0.15, -0.1) is 0 Å². The van der Waals surface area contributed by atoms with E-state index in [1.54, 1.807) is 30.5 Å². The lowest BCUT2D eigenvalue weighted by Crippen LogP contribution is -2.01. The van der Waals surface area contributed by atoms with Gasteiger partial charge in [-0.05, 0) is 23.8 Å². The molecule has 1 heterocycles. The SMILES string of the molecule is COc1cc(C(O)c2ccncc2Cl)ccc1Cl. The molecule has 0 fully saturated rings. The van der Waals surface area contributed by atoms with Gasteiger partial charge in [0.15, 0.2) is 0 Å². The van der Waals surface area contributed by atoms with Crippen LogP contribution in [0.1, 0.15) is 17.2 Å². The van der Waals surface area contributed by atoms with Crippen molar-refractivity contribution in [2.75, 3.05) is 7.11 Å². The minimum absolute atomic E-state index is 0.416. The van der Waals surface area contributed by atoms with Crippen molar-refractivity contribution in [2.24, 2.45) is 0 Å². The number of aliphatic hydroxyl groups excluding tert-OH is 1. The largest absolute Gasteiger partial charge is 0.495 e. The average molecular weight is 284 g/mol. The zero-order valence-electron chi connectivity index (χ0n) is 9.60. The standard InChI is InChI=1S/C13H11Cl2NO2/c1-18-12-6-8(2-3-10(12)14)13(17)9-4-5-16-7-11(9)15/h2-7,13,17H,1H3. The number of hydrogen-bond donors (Lipinski definition) is 1.